The fourth-order valence-corrected chi connectivity index (χ4v) is 4.35. The molecule has 0 saturated heterocycles. The Morgan fingerprint density at radius 1 is 1.32 bits per heavy atom. The molecule has 0 aliphatic heterocycles. The highest BCUT2D eigenvalue weighted by Crippen LogP contribution is 2.16. The third-order valence-electron chi connectivity index (χ3n) is 2.07. The van der Waals surface area contributed by atoms with Gasteiger partial charge in [0.05, 0.1) is 24.2 Å². The van der Waals surface area contributed by atoms with E-state index in [9.17, 15) is 21.6 Å². The van der Waals surface area contributed by atoms with E-state index in [4.69, 9.17) is 10.7 Å². The number of aromatic nitrogens is 1. The van der Waals surface area contributed by atoms with Crippen molar-refractivity contribution in [1.82, 2.24) is 4.98 Å². The maximum atomic E-state index is 11.9. The summed E-state index contributed by atoms with van der Waals surface area (Å²) >= 11 is 0. The summed E-state index contributed by atoms with van der Waals surface area (Å²) in [6.45, 7) is 0. The monoisotopic (exact) mass is 327 g/mol. The number of hydrogen-bond acceptors (Lipinski definition) is 7. The minimum Gasteiger partial charge on any atom is -0.465 e. The lowest BCUT2D eigenvalue weighted by molar-refractivity contribution is 0.0595. The minimum absolute atomic E-state index is 0.253. The van der Waals surface area contributed by atoms with Crippen molar-refractivity contribution in [2.24, 2.45) is 0 Å². The normalized spacial score (nSPS) is 12.1. The first kappa shape index (κ1) is 15.9. The van der Waals surface area contributed by atoms with Crippen LogP contribution in [0.25, 0.3) is 0 Å². The van der Waals surface area contributed by atoms with Gasteiger partial charge in [-0.25, -0.2) is 26.6 Å². The number of carbonyl (C=O) groups is 1. The summed E-state index contributed by atoms with van der Waals surface area (Å²) < 4.78 is 49.8. The summed E-state index contributed by atoms with van der Waals surface area (Å²) in [5.41, 5.74) is -0.253. The topological polar surface area (TPSA) is 107 Å². The van der Waals surface area contributed by atoms with Gasteiger partial charge in [-0.05, 0) is 12.1 Å². The molecule has 0 amide bonds. The molecule has 10 heteroatoms. The average molecular weight is 328 g/mol. The van der Waals surface area contributed by atoms with Crippen LogP contribution in [-0.4, -0.2) is 46.4 Å². The summed E-state index contributed by atoms with van der Waals surface area (Å²) in [6.07, 6.45) is 1.18. The lowest BCUT2D eigenvalue weighted by Gasteiger charge is -2.06. The van der Waals surface area contributed by atoms with Crippen molar-refractivity contribution in [3.8, 4) is 0 Å². The highest BCUT2D eigenvalue weighted by Gasteiger charge is 2.26. The number of ether oxygens (including phenoxy) is 1. The molecule has 0 saturated carbocycles. The minimum atomic E-state index is -4.05. The van der Waals surface area contributed by atoms with Crippen LogP contribution in [0.5, 0.6) is 0 Å². The molecular formula is C9H10ClNO6S2. The fraction of sp³-hybridized carbons (Fsp3) is 0.333. The molecule has 0 unspecified atom stereocenters. The maximum Gasteiger partial charge on any atom is 0.340 e. The van der Waals surface area contributed by atoms with Crippen molar-refractivity contribution in [3.05, 3.63) is 23.9 Å². The van der Waals surface area contributed by atoms with Gasteiger partial charge in [0.15, 0.2) is 14.9 Å². The van der Waals surface area contributed by atoms with E-state index in [1.807, 2.05) is 0 Å². The second-order valence-corrected chi connectivity index (χ2v) is 8.33. The van der Waals surface area contributed by atoms with E-state index in [0.717, 1.165) is 7.11 Å². The van der Waals surface area contributed by atoms with Crippen LogP contribution in [0, 0.1) is 0 Å². The molecule has 1 aromatic rings. The molecule has 0 N–H and O–H groups in total. The molecule has 19 heavy (non-hydrogen) atoms. The van der Waals surface area contributed by atoms with Gasteiger partial charge in [0, 0.05) is 16.9 Å². The lowest BCUT2D eigenvalue weighted by atomic mass is 10.3. The number of nitrogens with zero attached hydrogens (tertiary/aromatic N) is 1. The van der Waals surface area contributed by atoms with Crippen LogP contribution < -0.4 is 0 Å². The van der Waals surface area contributed by atoms with Crippen molar-refractivity contribution >= 4 is 35.5 Å². The van der Waals surface area contributed by atoms with Crippen molar-refractivity contribution in [2.75, 3.05) is 18.6 Å². The molecule has 0 aromatic carbocycles. The molecule has 0 fully saturated rings. The first-order valence-electron chi connectivity index (χ1n) is 4.86. The van der Waals surface area contributed by atoms with Crippen LogP contribution in [0.1, 0.15) is 10.4 Å². The summed E-state index contributed by atoms with van der Waals surface area (Å²) in [4.78, 5) is 15.0. The number of carbonyl (C=O) groups excluding carboxylic acids is 1. The molecule has 0 radical (unpaired) electrons. The zero-order valence-electron chi connectivity index (χ0n) is 9.74. The smallest absolute Gasteiger partial charge is 0.340 e. The Labute approximate surface area is 114 Å². The zero-order valence-corrected chi connectivity index (χ0v) is 12.1. The number of hydrogen-bond donors (Lipinski definition) is 0. The van der Waals surface area contributed by atoms with E-state index < -0.39 is 41.4 Å². The van der Waals surface area contributed by atoms with Gasteiger partial charge in [0.2, 0.25) is 9.05 Å². The fourth-order valence-electron chi connectivity index (χ4n) is 1.21. The predicted molar refractivity (Wildman–Crippen MR) is 67.3 cm³/mol. The summed E-state index contributed by atoms with van der Waals surface area (Å²) in [5.74, 6) is -2.41. The Balaban J connectivity index is 3.19. The van der Waals surface area contributed by atoms with Crippen molar-refractivity contribution < 1.29 is 26.4 Å². The second-order valence-electron chi connectivity index (χ2n) is 3.41. The molecule has 0 spiro atoms. The highest BCUT2D eigenvalue weighted by molar-refractivity contribution is 8.14. The Morgan fingerprint density at radius 3 is 2.47 bits per heavy atom. The largest absolute Gasteiger partial charge is 0.465 e. The molecule has 7 nitrogen and oxygen atoms in total. The standard InChI is InChI=1S/C9H10ClNO6S2/c1-17-9(12)7-3-2-4-11-8(7)18(13,14)5-6-19(10,15)16/h2-4H,5-6H2,1H3. The summed E-state index contributed by atoms with van der Waals surface area (Å²) in [6, 6.07) is 2.59. The Hall–Kier alpha value is -1.19. The van der Waals surface area contributed by atoms with Crippen molar-refractivity contribution in [1.29, 1.82) is 0 Å². The molecule has 0 aliphatic rings. The number of methoxy groups -OCH3 is 1. The van der Waals surface area contributed by atoms with Gasteiger partial charge >= 0.3 is 5.97 Å². The molecule has 0 atom stereocenters. The van der Waals surface area contributed by atoms with E-state index in [1.54, 1.807) is 0 Å². The van der Waals surface area contributed by atoms with Gasteiger partial charge in [-0.1, -0.05) is 0 Å². The molecule has 1 heterocycles. The quantitative estimate of drug-likeness (QED) is 0.562. The van der Waals surface area contributed by atoms with Crippen LogP contribution in [0.15, 0.2) is 23.4 Å². The first-order chi connectivity index (χ1) is 8.67. The van der Waals surface area contributed by atoms with Crippen LogP contribution in [0.2, 0.25) is 0 Å². The zero-order chi connectivity index (χ0) is 14.7. The van der Waals surface area contributed by atoms with E-state index in [0.29, 0.717) is 0 Å². The molecule has 106 valence electrons. The van der Waals surface area contributed by atoms with E-state index in [-0.39, 0.29) is 5.56 Å². The van der Waals surface area contributed by atoms with Crippen molar-refractivity contribution in [2.45, 2.75) is 5.03 Å². The van der Waals surface area contributed by atoms with Gasteiger partial charge in [0.1, 0.15) is 0 Å². The molecule has 0 bridgehead atoms. The second kappa shape index (κ2) is 5.85. The third kappa shape index (κ3) is 4.44. The third-order valence-corrected chi connectivity index (χ3v) is 5.14. The number of rotatable bonds is 5. The SMILES string of the molecule is COC(=O)c1cccnc1S(=O)(=O)CCS(=O)(=O)Cl. The van der Waals surface area contributed by atoms with Gasteiger partial charge in [-0.2, -0.15) is 0 Å². The van der Waals surface area contributed by atoms with Gasteiger partial charge in [-0.3, -0.25) is 0 Å². The van der Waals surface area contributed by atoms with E-state index in [1.165, 1.54) is 18.3 Å². The number of sulfone groups is 1. The maximum absolute atomic E-state index is 11.9. The Morgan fingerprint density at radius 2 is 1.95 bits per heavy atom. The number of halogens is 1. The summed E-state index contributed by atoms with van der Waals surface area (Å²) in [7, 11) is -1.97. The molecule has 0 aliphatic carbocycles. The molecular weight excluding hydrogens is 318 g/mol. The molecule has 1 rings (SSSR count). The number of pyridine rings is 1. The van der Waals surface area contributed by atoms with Crippen LogP contribution in [0.4, 0.5) is 0 Å². The lowest BCUT2D eigenvalue weighted by Crippen LogP contribution is -2.19. The van der Waals surface area contributed by atoms with Crippen LogP contribution in [0.3, 0.4) is 0 Å². The van der Waals surface area contributed by atoms with Gasteiger partial charge in [0.25, 0.3) is 0 Å². The number of esters is 1. The highest BCUT2D eigenvalue weighted by atomic mass is 35.7. The molecule has 1 aromatic heterocycles. The Kier molecular flexibility index (Phi) is 4.88. The van der Waals surface area contributed by atoms with Crippen LogP contribution >= 0.6 is 10.7 Å². The van der Waals surface area contributed by atoms with E-state index in [2.05, 4.69) is 9.72 Å². The summed E-state index contributed by atoms with van der Waals surface area (Å²) in [5, 5.41) is -0.526. The average Bonchev–Trinajstić information content (AvgIpc) is 2.35. The Bertz CT molecular complexity index is 682. The first-order valence-corrected chi connectivity index (χ1v) is 8.99. The van der Waals surface area contributed by atoms with Gasteiger partial charge < -0.3 is 4.74 Å². The van der Waals surface area contributed by atoms with Crippen LogP contribution in [-0.2, 0) is 23.6 Å². The van der Waals surface area contributed by atoms with E-state index >= 15 is 0 Å². The van der Waals surface area contributed by atoms with Crippen molar-refractivity contribution in [3.63, 3.8) is 0 Å². The van der Waals surface area contributed by atoms with Gasteiger partial charge in [-0.15, -0.1) is 0 Å². The predicted octanol–water partition coefficient (Wildman–Crippen LogP) is 0.211.